The predicted octanol–water partition coefficient (Wildman–Crippen LogP) is 4.09. The standard InChI is InChI=1S/C19H10Cl2N2O3/c20-11-5-6-12-15(8-11)22-18-14(21)7-10(9-23(18)19(12)26)17(25)13-3-1-2-4-16(13)24/h1-9,24H. The maximum atomic E-state index is 12.8. The number of phenols is 1. The number of fused-ring (bicyclic) bond motifs is 2. The van der Waals surface area contributed by atoms with Gasteiger partial charge in [-0.05, 0) is 36.4 Å². The number of nitrogens with zero attached hydrogens (tertiary/aromatic N) is 2. The summed E-state index contributed by atoms with van der Waals surface area (Å²) in [5.41, 5.74) is 0.567. The first-order valence-electron chi connectivity index (χ1n) is 7.59. The number of carbonyl (C=O) groups excluding carboxylic acids is 1. The van der Waals surface area contributed by atoms with E-state index in [1.54, 1.807) is 30.3 Å². The second kappa shape index (κ2) is 6.12. The average molecular weight is 385 g/mol. The molecular weight excluding hydrogens is 375 g/mol. The number of para-hydroxylation sites is 1. The highest BCUT2D eigenvalue weighted by Gasteiger charge is 2.17. The van der Waals surface area contributed by atoms with E-state index in [9.17, 15) is 14.7 Å². The van der Waals surface area contributed by atoms with Gasteiger partial charge in [0.2, 0.25) is 0 Å². The Morgan fingerprint density at radius 2 is 1.85 bits per heavy atom. The van der Waals surface area contributed by atoms with Gasteiger partial charge in [0.15, 0.2) is 11.4 Å². The summed E-state index contributed by atoms with van der Waals surface area (Å²) in [5, 5.41) is 10.9. The molecule has 0 unspecified atom stereocenters. The van der Waals surface area contributed by atoms with Crippen molar-refractivity contribution in [1.29, 1.82) is 0 Å². The fourth-order valence-electron chi connectivity index (χ4n) is 2.78. The lowest BCUT2D eigenvalue weighted by atomic mass is 10.0. The largest absolute Gasteiger partial charge is 0.507 e. The lowest BCUT2D eigenvalue weighted by Gasteiger charge is -2.09. The Morgan fingerprint density at radius 1 is 1.08 bits per heavy atom. The molecule has 26 heavy (non-hydrogen) atoms. The van der Waals surface area contributed by atoms with Crippen LogP contribution in [0.5, 0.6) is 5.75 Å². The maximum Gasteiger partial charge on any atom is 0.265 e. The van der Waals surface area contributed by atoms with Crippen molar-refractivity contribution >= 4 is 45.5 Å². The molecule has 0 radical (unpaired) electrons. The van der Waals surface area contributed by atoms with Crippen molar-refractivity contribution in [2.24, 2.45) is 0 Å². The minimum atomic E-state index is -0.449. The first kappa shape index (κ1) is 16.6. The fraction of sp³-hybridized carbons (Fsp3) is 0. The van der Waals surface area contributed by atoms with Crippen molar-refractivity contribution in [3.8, 4) is 5.75 Å². The maximum absolute atomic E-state index is 12.8. The number of aromatic hydroxyl groups is 1. The van der Waals surface area contributed by atoms with Gasteiger partial charge in [-0.25, -0.2) is 4.98 Å². The summed E-state index contributed by atoms with van der Waals surface area (Å²) in [4.78, 5) is 29.9. The van der Waals surface area contributed by atoms with Crippen molar-refractivity contribution in [3.05, 3.63) is 86.3 Å². The molecule has 128 valence electrons. The van der Waals surface area contributed by atoms with Crippen LogP contribution in [-0.4, -0.2) is 20.3 Å². The molecule has 0 atom stereocenters. The van der Waals surface area contributed by atoms with E-state index in [2.05, 4.69) is 4.98 Å². The Morgan fingerprint density at radius 3 is 2.62 bits per heavy atom. The molecule has 7 heteroatoms. The Hall–Kier alpha value is -2.89. The van der Waals surface area contributed by atoms with E-state index in [1.807, 2.05) is 0 Å². The molecule has 0 bridgehead atoms. The molecule has 4 rings (SSSR count). The second-order valence-electron chi connectivity index (χ2n) is 5.70. The predicted molar refractivity (Wildman–Crippen MR) is 101 cm³/mol. The Balaban J connectivity index is 2.00. The lowest BCUT2D eigenvalue weighted by molar-refractivity contribution is 0.103. The van der Waals surface area contributed by atoms with Crippen LogP contribution in [0.25, 0.3) is 16.6 Å². The van der Waals surface area contributed by atoms with Gasteiger partial charge in [0.05, 0.1) is 21.5 Å². The molecule has 0 saturated carbocycles. The first-order valence-corrected chi connectivity index (χ1v) is 8.35. The van der Waals surface area contributed by atoms with E-state index in [4.69, 9.17) is 23.2 Å². The van der Waals surface area contributed by atoms with Gasteiger partial charge < -0.3 is 5.11 Å². The Kier molecular flexibility index (Phi) is 3.90. The molecule has 0 saturated heterocycles. The topological polar surface area (TPSA) is 71.7 Å². The number of ketones is 1. The van der Waals surface area contributed by atoms with Crippen LogP contribution in [0, 0.1) is 0 Å². The smallest absolute Gasteiger partial charge is 0.265 e. The third kappa shape index (κ3) is 2.62. The summed E-state index contributed by atoms with van der Waals surface area (Å²) in [6.45, 7) is 0. The number of halogens is 2. The zero-order valence-corrected chi connectivity index (χ0v) is 14.6. The van der Waals surface area contributed by atoms with Crippen molar-refractivity contribution < 1.29 is 9.90 Å². The van der Waals surface area contributed by atoms with E-state index in [0.717, 1.165) is 0 Å². The van der Waals surface area contributed by atoms with Crippen LogP contribution >= 0.6 is 23.2 Å². The number of hydrogen-bond donors (Lipinski definition) is 1. The highest BCUT2D eigenvalue weighted by Crippen LogP contribution is 2.24. The zero-order chi connectivity index (χ0) is 18.4. The lowest BCUT2D eigenvalue weighted by Crippen LogP contribution is -2.17. The summed E-state index contributed by atoms with van der Waals surface area (Å²) in [6.07, 6.45) is 1.37. The van der Waals surface area contributed by atoms with Gasteiger partial charge in [0.1, 0.15) is 5.75 Å². The average Bonchev–Trinajstić information content (AvgIpc) is 2.62. The molecule has 1 N–H and O–H groups in total. The second-order valence-corrected chi connectivity index (χ2v) is 6.54. The number of hydrogen-bond acceptors (Lipinski definition) is 4. The molecule has 5 nitrogen and oxygen atoms in total. The van der Waals surface area contributed by atoms with Crippen LogP contribution in [0.4, 0.5) is 0 Å². The summed E-state index contributed by atoms with van der Waals surface area (Å²) < 4.78 is 1.23. The zero-order valence-electron chi connectivity index (χ0n) is 13.1. The van der Waals surface area contributed by atoms with Crippen molar-refractivity contribution in [3.63, 3.8) is 0 Å². The molecule has 4 aromatic rings. The number of pyridine rings is 1. The number of phenolic OH excluding ortho intramolecular Hbond substituents is 1. The van der Waals surface area contributed by atoms with Crippen LogP contribution in [0.2, 0.25) is 10.0 Å². The van der Waals surface area contributed by atoms with Crippen molar-refractivity contribution in [1.82, 2.24) is 9.38 Å². The molecule has 2 heterocycles. The Bertz CT molecular complexity index is 1270. The highest BCUT2D eigenvalue weighted by molar-refractivity contribution is 6.34. The summed E-state index contributed by atoms with van der Waals surface area (Å²) >= 11 is 12.2. The fourth-order valence-corrected chi connectivity index (χ4v) is 3.20. The van der Waals surface area contributed by atoms with Crippen LogP contribution < -0.4 is 5.56 Å². The van der Waals surface area contributed by atoms with Gasteiger partial charge in [-0.2, -0.15) is 0 Å². The molecule has 0 amide bonds. The third-order valence-electron chi connectivity index (χ3n) is 4.04. The monoisotopic (exact) mass is 384 g/mol. The summed E-state index contributed by atoms with van der Waals surface area (Å²) in [6, 6.07) is 12.3. The highest BCUT2D eigenvalue weighted by atomic mass is 35.5. The van der Waals surface area contributed by atoms with Gasteiger partial charge in [-0.3, -0.25) is 14.0 Å². The molecule has 0 aliphatic heterocycles. The number of rotatable bonds is 2. The van der Waals surface area contributed by atoms with E-state index in [1.165, 1.54) is 28.8 Å². The number of benzene rings is 2. The molecule has 0 spiro atoms. The van der Waals surface area contributed by atoms with E-state index < -0.39 is 5.78 Å². The van der Waals surface area contributed by atoms with Gasteiger partial charge in [0, 0.05) is 16.8 Å². The van der Waals surface area contributed by atoms with Gasteiger partial charge in [-0.15, -0.1) is 0 Å². The van der Waals surface area contributed by atoms with E-state index >= 15 is 0 Å². The molecule has 2 aromatic carbocycles. The minimum Gasteiger partial charge on any atom is -0.507 e. The van der Waals surface area contributed by atoms with Crippen LogP contribution in [-0.2, 0) is 0 Å². The molecule has 0 fully saturated rings. The molecule has 0 aliphatic rings. The van der Waals surface area contributed by atoms with E-state index in [0.29, 0.717) is 15.9 Å². The molecule has 2 aromatic heterocycles. The third-order valence-corrected chi connectivity index (χ3v) is 4.55. The molecular formula is C19H10Cl2N2O3. The van der Waals surface area contributed by atoms with Gasteiger partial charge >= 0.3 is 0 Å². The normalized spacial score (nSPS) is 11.2. The minimum absolute atomic E-state index is 0.122. The van der Waals surface area contributed by atoms with Crippen LogP contribution in [0.1, 0.15) is 15.9 Å². The van der Waals surface area contributed by atoms with Gasteiger partial charge in [-0.1, -0.05) is 35.3 Å². The summed E-state index contributed by atoms with van der Waals surface area (Å²) in [5.74, 6) is -0.595. The number of carbonyl (C=O) groups is 1. The van der Waals surface area contributed by atoms with Crippen LogP contribution in [0.3, 0.4) is 0 Å². The van der Waals surface area contributed by atoms with Crippen molar-refractivity contribution in [2.45, 2.75) is 0 Å². The number of aromatic nitrogens is 2. The van der Waals surface area contributed by atoms with Crippen molar-refractivity contribution in [2.75, 3.05) is 0 Å². The SMILES string of the molecule is O=C(c1cc(Cl)c2nc3cc(Cl)ccc3c(=O)n2c1)c1ccccc1O. The quantitative estimate of drug-likeness (QED) is 0.417. The van der Waals surface area contributed by atoms with Gasteiger partial charge in [0.25, 0.3) is 5.56 Å². The summed E-state index contributed by atoms with van der Waals surface area (Å²) in [7, 11) is 0. The van der Waals surface area contributed by atoms with Crippen LogP contribution in [0.15, 0.2) is 59.5 Å². The molecule has 0 aliphatic carbocycles. The Labute approximate surface area is 157 Å². The van der Waals surface area contributed by atoms with E-state index in [-0.39, 0.29) is 33.1 Å². The first-order chi connectivity index (χ1) is 12.5.